The quantitative estimate of drug-likeness (QED) is 0.871. The third-order valence-corrected chi connectivity index (χ3v) is 4.13. The maximum Gasteiger partial charge on any atom is 0.242 e. The largest absolute Gasteiger partial charge is 0.352 e. The Morgan fingerprint density at radius 2 is 2.22 bits per heavy atom. The van der Waals surface area contributed by atoms with Crippen LogP contribution < -0.4 is 10.6 Å². The molecule has 0 spiro atoms. The number of halogens is 1. The van der Waals surface area contributed by atoms with Crippen molar-refractivity contribution >= 4 is 23.4 Å². The van der Waals surface area contributed by atoms with Crippen LogP contribution in [0.1, 0.15) is 24.4 Å². The highest BCUT2D eigenvalue weighted by Crippen LogP contribution is 2.19. The van der Waals surface area contributed by atoms with Gasteiger partial charge in [-0.2, -0.15) is 5.10 Å². The number of benzene rings is 1. The standard InChI is InChI=1S/C16H17ClN4O2/c17-12-4-2-11(3-5-12)14(21-9-1-8-19-21)10-18-16(23)13-6-7-15(22)20-13/h1-5,8-9,13-14H,6-7,10H2,(H,18,23)(H,20,22)/t13-,14?/m1/s1. The van der Waals surface area contributed by atoms with Gasteiger partial charge >= 0.3 is 0 Å². The molecule has 2 aromatic rings. The highest BCUT2D eigenvalue weighted by molar-refractivity contribution is 6.30. The maximum atomic E-state index is 12.2. The fourth-order valence-corrected chi connectivity index (χ4v) is 2.77. The Balaban J connectivity index is 1.71. The van der Waals surface area contributed by atoms with Crippen molar-refractivity contribution < 1.29 is 9.59 Å². The summed E-state index contributed by atoms with van der Waals surface area (Å²) in [4.78, 5) is 23.4. The van der Waals surface area contributed by atoms with Gasteiger partial charge in [0, 0.05) is 30.4 Å². The van der Waals surface area contributed by atoms with E-state index in [9.17, 15) is 9.59 Å². The van der Waals surface area contributed by atoms with E-state index in [2.05, 4.69) is 15.7 Å². The lowest BCUT2D eigenvalue weighted by Crippen LogP contribution is -2.43. The van der Waals surface area contributed by atoms with Crippen LogP contribution in [0.25, 0.3) is 0 Å². The third-order valence-electron chi connectivity index (χ3n) is 3.88. The molecule has 1 fully saturated rings. The second kappa shape index (κ2) is 6.83. The van der Waals surface area contributed by atoms with E-state index in [0.717, 1.165) is 5.56 Å². The molecule has 0 radical (unpaired) electrons. The van der Waals surface area contributed by atoms with Crippen molar-refractivity contribution in [2.75, 3.05) is 6.54 Å². The first-order chi connectivity index (χ1) is 11.1. The highest BCUT2D eigenvalue weighted by Gasteiger charge is 2.27. The van der Waals surface area contributed by atoms with E-state index in [0.29, 0.717) is 24.4 Å². The lowest BCUT2D eigenvalue weighted by molar-refractivity contribution is -0.125. The van der Waals surface area contributed by atoms with Gasteiger partial charge in [-0.15, -0.1) is 0 Å². The maximum absolute atomic E-state index is 12.2. The van der Waals surface area contributed by atoms with Crippen molar-refractivity contribution in [3.63, 3.8) is 0 Å². The average molecular weight is 333 g/mol. The lowest BCUT2D eigenvalue weighted by atomic mass is 10.1. The number of hydrogen-bond donors (Lipinski definition) is 2. The lowest BCUT2D eigenvalue weighted by Gasteiger charge is -2.20. The minimum absolute atomic E-state index is 0.0773. The molecule has 3 rings (SSSR count). The summed E-state index contributed by atoms with van der Waals surface area (Å²) in [6, 6.07) is 8.71. The number of nitrogens with zero attached hydrogens (tertiary/aromatic N) is 2. The normalized spacial score (nSPS) is 18.5. The van der Waals surface area contributed by atoms with Crippen molar-refractivity contribution in [2.45, 2.75) is 24.9 Å². The summed E-state index contributed by atoms with van der Waals surface area (Å²) in [5, 5.41) is 10.5. The minimum Gasteiger partial charge on any atom is -0.352 e. The predicted molar refractivity (Wildman–Crippen MR) is 86.0 cm³/mol. The molecule has 2 heterocycles. The average Bonchev–Trinajstić information content (AvgIpc) is 3.21. The molecule has 1 aromatic carbocycles. The topological polar surface area (TPSA) is 76.0 Å². The van der Waals surface area contributed by atoms with Gasteiger partial charge in [0.1, 0.15) is 6.04 Å². The number of amides is 2. The van der Waals surface area contributed by atoms with Crippen LogP contribution in [0, 0.1) is 0 Å². The minimum atomic E-state index is -0.439. The van der Waals surface area contributed by atoms with Crippen LogP contribution in [-0.2, 0) is 9.59 Å². The Morgan fingerprint density at radius 3 is 2.83 bits per heavy atom. The molecular weight excluding hydrogens is 316 g/mol. The van der Waals surface area contributed by atoms with Gasteiger partial charge < -0.3 is 10.6 Å². The van der Waals surface area contributed by atoms with Gasteiger partial charge in [-0.3, -0.25) is 14.3 Å². The van der Waals surface area contributed by atoms with E-state index in [1.165, 1.54) is 0 Å². The molecular formula is C16H17ClN4O2. The summed E-state index contributed by atoms with van der Waals surface area (Å²) in [6.45, 7) is 0.383. The molecule has 2 N–H and O–H groups in total. The predicted octanol–water partition coefficient (Wildman–Crippen LogP) is 1.52. The summed E-state index contributed by atoms with van der Waals surface area (Å²) < 4.78 is 1.79. The van der Waals surface area contributed by atoms with E-state index in [1.807, 2.05) is 36.5 Å². The summed E-state index contributed by atoms with van der Waals surface area (Å²) in [7, 11) is 0. The SMILES string of the molecule is O=C1CC[C@H](C(=O)NCC(c2ccc(Cl)cc2)n2cccn2)N1. The Kier molecular flexibility index (Phi) is 4.62. The number of hydrogen-bond acceptors (Lipinski definition) is 3. The zero-order chi connectivity index (χ0) is 16.2. The first kappa shape index (κ1) is 15.6. The molecule has 1 unspecified atom stereocenters. The summed E-state index contributed by atoms with van der Waals surface area (Å²) in [6.07, 6.45) is 4.49. The Bertz CT molecular complexity index is 685. The van der Waals surface area contributed by atoms with Crippen molar-refractivity contribution in [2.24, 2.45) is 0 Å². The monoisotopic (exact) mass is 332 g/mol. The van der Waals surface area contributed by atoms with Crippen LogP contribution in [0.4, 0.5) is 0 Å². The third kappa shape index (κ3) is 3.71. The Morgan fingerprint density at radius 1 is 1.43 bits per heavy atom. The fourth-order valence-electron chi connectivity index (χ4n) is 2.65. The molecule has 1 aliphatic rings. The van der Waals surface area contributed by atoms with Crippen LogP contribution in [0.3, 0.4) is 0 Å². The molecule has 2 atom stereocenters. The van der Waals surface area contributed by atoms with Crippen molar-refractivity contribution in [3.8, 4) is 0 Å². The first-order valence-corrected chi connectivity index (χ1v) is 7.83. The molecule has 1 aromatic heterocycles. The van der Waals surface area contributed by atoms with E-state index < -0.39 is 6.04 Å². The van der Waals surface area contributed by atoms with Gasteiger partial charge in [0.05, 0.1) is 6.04 Å². The zero-order valence-corrected chi connectivity index (χ0v) is 13.2. The van der Waals surface area contributed by atoms with Crippen LogP contribution in [-0.4, -0.2) is 34.2 Å². The number of nitrogens with one attached hydrogen (secondary N) is 2. The first-order valence-electron chi connectivity index (χ1n) is 7.45. The molecule has 6 nitrogen and oxygen atoms in total. The van der Waals surface area contributed by atoms with Crippen LogP contribution in [0.15, 0.2) is 42.7 Å². The van der Waals surface area contributed by atoms with Crippen molar-refractivity contribution in [3.05, 3.63) is 53.3 Å². The summed E-state index contributed by atoms with van der Waals surface area (Å²) in [5.41, 5.74) is 0.994. The van der Waals surface area contributed by atoms with Crippen LogP contribution in [0.5, 0.6) is 0 Å². The van der Waals surface area contributed by atoms with E-state index in [1.54, 1.807) is 10.9 Å². The number of aromatic nitrogens is 2. The Labute approximate surface area is 138 Å². The van der Waals surface area contributed by atoms with Crippen LogP contribution >= 0.6 is 11.6 Å². The van der Waals surface area contributed by atoms with E-state index >= 15 is 0 Å². The molecule has 1 aliphatic heterocycles. The number of carbonyl (C=O) groups is 2. The zero-order valence-electron chi connectivity index (χ0n) is 12.4. The van der Waals surface area contributed by atoms with Gasteiger partial charge in [0.15, 0.2) is 0 Å². The van der Waals surface area contributed by atoms with E-state index in [-0.39, 0.29) is 17.9 Å². The van der Waals surface area contributed by atoms with Gasteiger partial charge in [-0.1, -0.05) is 23.7 Å². The van der Waals surface area contributed by atoms with E-state index in [4.69, 9.17) is 11.6 Å². The van der Waals surface area contributed by atoms with Crippen molar-refractivity contribution in [1.82, 2.24) is 20.4 Å². The van der Waals surface area contributed by atoms with Gasteiger partial charge in [-0.25, -0.2) is 0 Å². The molecule has 2 amide bonds. The van der Waals surface area contributed by atoms with Gasteiger partial charge in [0.2, 0.25) is 11.8 Å². The number of rotatable bonds is 5. The fraction of sp³-hybridized carbons (Fsp3) is 0.312. The molecule has 23 heavy (non-hydrogen) atoms. The van der Waals surface area contributed by atoms with Gasteiger partial charge in [-0.05, 0) is 30.2 Å². The molecule has 7 heteroatoms. The number of carbonyl (C=O) groups excluding carboxylic acids is 2. The highest BCUT2D eigenvalue weighted by atomic mass is 35.5. The molecule has 0 aliphatic carbocycles. The smallest absolute Gasteiger partial charge is 0.242 e. The summed E-state index contributed by atoms with van der Waals surface area (Å²) in [5.74, 6) is -0.242. The second-order valence-electron chi connectivity index (χ2n) is 5.46. The molecule has 1 saturated heterocycles. The Hall–Kier alpha value is -2.34. The van der Waals surface area contributed by atoms with Crippen LogP contribution in [0.2, 0.25) is 5.02 Å². The molecule has 0 saturated carbocycles. The second-order valence-corrected chi connectivity index (χ2v) is 5.89. The summed E-state index contributed by atoms with van der Waals surface area (Å²) >= 11 is 5.94. The van der Waals surface area contributed by atoms with Gasteiger partial charge in [0.25, 0.3) is 0 Å². The molecule has 0 bridgehead atoms. The van der Waals surface area contributed by atoms with Crippen molar-refractivity contribution in [1.29, 1.82) is 0 Å². The molecule has 120 valence electrons.